The summed E-state index contributed by atoms with van der Waals surface area (Å²) in [5, 5.41) is 1.01. The van der Waals surface area contributed by atoms with E-state index in [4.69, 9.17) is 9.47 Å². The number of ether oxygens (including phenoxy) is 2. The van der Waals surface area contributed by atoms with Gasteiger partial charge in [-0.1, -0.05) is 12.1 Å². The topological polar surface area (TPSA) is 40.5 Å². The van der Waals surface area contributed by atoms with Gasteiger partial charge >= 0.3 is 5.97 Å². The van der Waals surface area contributed by atoms with E-state index in [1.807, 2.05) is 12.1 Å². The number of halogens is 1. The summed E-state index contributed by atoms with van der Waals surface area (Å²) in [4.78, 5) is 11.5. The Labute approximate surface area is 157 Å². The molecule has 0 saturated carbocycles. The minimum atomic E-state index is -0.397. The summed E-state index contributed by atoms with van der Waals surface area (Å²) < 4.78 is 26.0. The van der Waals surface area contributed by atoms with E-state index in [2.05, 4.69) is 23.6 Å². The molecule has 1 aromatic heterocycles. The van der Waals surface area contributed by atoms with E-state index in [1.54, 1.807) is 0 Å². The second-order valence-electron chi connectivity index (χ2n) is 6.99. The summed E-state index contributed by atoms with van der Waals surface area (Å²) in [6.07, 6.45) is 3.17. The number of hydrogen-bond acceptors (Lipinski definition) is 3. The Kier molecular flexibility index (Phi) is 4.60. The molecule has 0 fully saturated rings. The highest BCUT2D eigenvalue weighted by molar-refractivity contribution is 5.92. The SMILES string of the molecule is COC(=O)COc1cc2c(c3c1cc(C)n3Cc1ccc(F)cc1)CCC2. The lowest BCUT2D eigenvalue weighted by atomic mass is 10.1. The number of aryl methyl sites for hydroxylation is 3. The minimum Gasteiger partial charge on any atom is -0.481 e. The molecular formula is C22H22FNO3. The summed E-state index contributed by atoms with van der Waals surface area (Å²) in [6, 6.07) is 10.8. The fraction of sp³-hybridized carbons (Fsp3) is 0.318. The number of carbonyl (C=O) groups is 1. The van der Waals surface area contributed by atoms with E-state index >= 15 is 0 Å². The molecule has 0 amide bonds. The lowest BCUT2D eigenvalue weighted by Crippen LogP contribution is -2.13. The van der Waals surface area contributed by atoms with Gasteiger partial charge in [0.05, 0.1) is 12.6 Å². The van der Waals surface area contributed by atoms with Crippen molar-refractivity contribution in [2.75, 3.05) is 13.7 Å². The molecule has 4 nitrogen and oxygen atoms in total. The highest BCUT2D eigenvalue weighted by Gasteiger charge is 2.22. The van der Waals surface area contributed by atoms with Crippen LogP contribution in [-0.2, 0) is 28.9 Å². The maximum Gasteiger partial charge on any atom is 0.343 e. The molecule has 1 aliphatic carbocycles. The molecule has 1 aliphatic rings. The van der Waals surface area contributed by atoms with Gasteiger partial charge in [-0.2, -0.15) is 0 Å². The number of benzene rings is 2. The number of carbonyl (C=O) groups excluding carboxylic acids is 1. The molecule has 5 heteroatoms. The summed E-state index contributed by atoms with van der Waals surface area (Å²) in [7, 11) is 1.35. The summed E-state index contributed by atoms with van der Waals surface area (Å²) in [5.41, 5.74) is 5.94. The van der Waals surface area contributed by atoms with Crippen molar-refractivity contribution in [3.8, 4) is 5.75 Å². The molecule has 1 heterocycles. The van der Waals surface area contributed by atoms with Crippen LogP contribution in [0.1, 0.15) is 28.8 Å². The molecule has 27 heavy (non-hydrogen) atoms. The van der Waals surface area contributed by atoms with Crippen LogP contribution in [0.15, 0.2) is 36.4 Å². The van der Waals surface area contributed by atoms with Crippen LogP contribution in [0.5, 0.6) is 5.75 Å². The average molecular weight is 367 g/mol. The molecule has 0 unspecified atom stereocenters. The fourth-order valence-electron chi connectivity index (χ4n) is 3.91. The van der Waals surface area contributed by atoms with Crippen molar-refractivity contribution in [2.24, 2.45) is 0 Å². The zero-order valence-electron chi connectivity index (χ0n) is 15.5. The Hall–Kier alpha value is -2.82. The molecule has 0 atom stereocenters. The summed E-state index contributed by atoms with van der Waals surface area (Å²) >= 11 is 0. The average Bonchev–Trinajstić information content (AvgIpc) is 3.25. The van der Waals surface area contributed by atoms with E-state index in [-0.39, 0.29) is 12.4 Å². The van der Waals surface area contributed by atoms with Gasteiger partial charge in [0, 0.05) is 17.6 Å². The number of rotatable bonds is 5. The van der Waals surface area contributed by atoms with E-state index in [0.717, 1.165) is 47.2 Å². The Morgan fingerprint density at radius 3 is 2.70 bits per heavy atom. The van der Waals surface area contributed by atoms with Crippen molar-refractivity contribution >= 4 is 16.9 Å². The fourth-order valence-corrected chi connectivity index (χ4v) is 3.91. The van der Waals surface area contributed by atoms with Gasteiger partial charge in [-0.15, -0.1) is 0 Å². The molecule has 0 spiro atoms. The molecule has 4 rings (SSSR count). The van der Waals surface area contributed by atoms with Crippen molar-refractivity contribution in [1.82, 2.24) is 4.57 Å². The van der Waals surface area contributed by atoms with Crippen LogP contribution >= 0.6 is 0 Å². The van der Waals surface area contributed by atoms with Gasteiger partial charge in [0.1, 0.15) is 11.6 Å². The van der Waals surface area contributed by atoms with Crippen LogP contribution in [0.25, 0.3) is 10.9 Å². The first-order valence-electron chi connectivity index (χ1n) is 9.15. The predicted octanol–water partition coefficient (Wildman–Crippen LogP) is 4.18. The number of nitrogens with zero attached hydrogens (tertiary/aromatic N) is 1. The number of fused-ring (bicyclic) bond motifs is 3. The third-order valence-corrected chi connectivity index (χ3v) is 5.25. The second kappa shape index (κ2) is 7.06. The molecule has 2 aromatic carbocycles. The van der Waals surface area contributed by atoms with Gasteiger partial charge in [0.15, 0.2) is 6.61 Å². The van der Waals surface area contributed by atoms with Gasteiger partial charge < -0.3 is 14.0 Å². The molecule has 0 aliphatic heterocycles. The van der Waals surface area contributed by atoms with Crippen LogP contribution in [0.2, 0.25) is 0 Å². The smallest absolute Gasteiger partial charge is 0.343 e. The van der Waals surface area contributed by atoms with E-state index < -0.39 is 5.97 Å². The maximum atomic E-state index is 13.2. The van der Waals surface area contributed by atoms with Gasteiger partial charge in [-0.3, -0.25) is 0 Å². The molecular weight excluding hydrogens is 345 g/mol. The Bertz CT molecular complexity index is 1000. The highest BCUT2D eigenvalue weighted by atomic mass is 19.1. The Morgan fingerprint density at radius 2 is 1.96 bits per heavy atom. The largest absolute Gasteiger partial charge is 0.481 e. The van der Waals surface area contributed by atoms with Crippen LogP contribution in [0, 0.1) is 12.7 Å². The summed E-state index contributed by atoms with van der Waals surface area (Å²) in [6.45, 7) is 2.63. The van der Waals surface area contributed by atoms with Crippen molar-refractivity contribution in [1.29, 1.82) is 0 Å². The van der Waals surface area contributed by atoms with Crippen molar-refractivity contribution in [2.45, 2.75) is 32.7 Å². The number of methoxy groups -OCH3 is 1. The first-order chi connectivity index (χ1) is 13.1. The van der Waals surface area contributed by atoms with Crippen LogP contribution < -0.4 is 4.74 Å². The van der Waals surface area contributed by atoms with E-state index in [0.29, 0.717) is 6.54 Å². The van der Waals surface area contributed by atoms with E-state index in [9.17, 15) is 9.18 Å². The third-order valence-electron chi connectivity index (χ3n) is 5.25. The maximum absolute atomic E-state index is 13.2. The van der Waals surface area contributed by atoms with Gasteiger partial charge in [-0.25, -0.2) is 9.18 Å². The normalized spacial score (nSPS) is 13.0. The van der Waals surface area contributed by atoms with Crippen LogP contribution in [-0.4, -0.2) is 24.3 Å². The zero-order valence-corrected chi connectivity index (χ0v) is 15.5. The van der Waals surface area contributed by atoms with Gasteiger partial charge in [0.2, 0.25) is 0 Å². The third kappa shape index (κ3) is 3.29. The van der Waals surface area contributed by atoms with Crippen molar-refractivity contribution < 1.29 is 18.7 Å². The second-order valence-corrected chi connectivity index (χ2v) is 6.99. The van der Waals surface area contributed by atoms with Crippen molar-refractivity contribution in [3.05, 3.63) is 64.6 Å². The van der Waals surface area contributed by atoms with Gasteiger partial charge in [0.25, 0.3) is 0 Å². The first kappa shape index (κ1) is 17.6. The zero-order chi connectivity index (χ0) is 19.0. The number of esters is 1. The lowest BCUT2D eigenvalue weighted by molar-refractivity contribution is -0.142. The van der Waals surface area contributed by atoms with Crippen LogP contribution in [0.4, 0.5) is 4.39 Å². The number of hydrogen-bond donors (Lipinski definition) is 0. The van der Waals surface area contributed by atoms with Crippen molar-refractivity contribution in [3.63, 3.8) is 0 Å². The molecule has 0 N–H and O–H groups in total. The molecule has 0 saturated heterocycles. The minimum absolute atomic E-state index is 0.105. The molecule has 140 valence electrons. The van der Waals surface area contributed by atoms with Crippen LogP contribution in [0.3, 0.4) is 0 Å². The monoisotopic (exact) mass is 367 g/mol. The summed E-state index contributed by atoms with van der Waals surface area (Å²) in [5.74, 6) is 0.0929. The predicted molar refractivity (Wildman–Crippen MR) is 102 cm³/mol. The number of aromatic nitrogens is 1. The lowest BCUT2D eigenvalue weighted by Gasteiger charge is -2.14. The highest BCUT2D eigenvalue weighted by Crippen LogP contribution is 2.38. The molecule has 3 aromatic rings. The Balaban J connectivity index is 1.80. The molecule has 0 bridgehead atoms. The van der Waals surface area contributed by atoms with Gasteiger partial charge in [-0.05, 0) is 67.1 Å². The first-order valence-corrected chi connectivity index (χ1v) is 9.15. The quantitative estimate of drug-likeness (QED) is 0.635. The Morgan fingerprint density at radius 1 is 1.19 bits per heavy atom. The standard InChI is InChI=1S/C22H22FNO3/c1-14-10-19-20(27-13-21(25)26-2)11-16-4-3-5-18(16)22(19)24(14)12-15-6-8-17(23)9-7-15/h6-11H,3-5,12-13H2,1-2H3. The molecule has 0 radical (unpaired) electrons. The van der Waals surface area contributed by atoms with E-state index in [1.165, 1.54) is 30.4 Å².